The maximum absolute atomic E-state index is 12.2. The van der Waals surface area contributed by atoms with E-state index in [1.807, 2.05) is 53.9 Å². The van der Waals surface area contributed by atoms with Crippen molar-refractivity contribution in [2.24, 2.45) is 0 Å². The van der Waals surface area contributed by atoms with Crippen molar-refractivity contribution < 1.29 is 4.79 Å². The number of hydrogen-bond acceptors (Lipinski definition) is 6. The Labute approximate surface area is 163 Å². The van der Waals surface area contributed by atoms with Gasteiger partial charge in [0.2, 0.25) is 5.91 Å². The summed E-state index contributed by atoms with van der Waals surface area (Å²) in [6.45, 7) is 0.473. The lowest BCUT2D eigenvalue weighted by Crippen LogP contribution is -2.24. The molecule has 4 aromatic rings. The highest BCUT2D eigenvalue weighted by Gasteiger charge is 2.10. The Bertz CT molecular complexity index is 994. The molecule has 0 saturated heterocycles. The van der Waals surface area contributed by atoms with Crippen LogP contribution in [0.25, 0.3) is 20.8 Å². The molecular formula is C19H15N3OS3. The maximum atomic E-state index is 12.2. The Morgan fingerprint density at radius 2 is 2.04 bits per heavy atom. The number of aromatic nitrogens is 2. The minimum absolute atomic E-state index is 0.00441. The highest BCUT2D eigenvalue weighted by molar-refractivity contribution is 8.01. The summed E-state index contributed by atoms with van der Waals surface area (Å²) in [5.41, 5.74) is 2.94. The van der Waals surface area contributed by atoms with Gasteiger partial charge in [0.25, 0.3) is 0 Å². The zero-order valence-electron chi connectivity index (χ0n) is 13.7. The lowest BCUT2D eigenvalue weighted by molar-refractivity contribution is -0.118. The minimum atomic E-state index is -0.00441. The molecule has 0 bridgehead atoms. The summed E-state index contributed by atoms with van der Waals surface area (Å²) in [6, 6.07) is 16.0. The smallest absolute Gasteiger partial charge is 0.230 e. The Balaban J connectivity index is 1.36. The molecule has 0 fully saturated rings. The van der Waals surface area contributed by atoms with Gasteiger partial charge in [0.05, 0.1) is 26.5 Å². The normalized spacial score (nSPS) is 10.9. The lowest BCUT2D eigenvalue weighted by atomic mass is 10.1. The van der Waals surface area contributed by atoms with Gasteiger partial charge in [-0.25, -0.2) is 4.98 Å². The summed E-state index contributed by atoms with van der Waals surface area (Å²) in [7, 11) is 0. The number of carbonyl (C=O) groups is 1. The zero-order chi connectivity index (χ0) is 17.8. The highest BCUT2D eigenvalue weighted by atomic mass is 32.2. The summed E-state index contributed by atoms with van der Waals surface area (Å²) in [5, 5.41) is 5.02. The largest absolute Gasteiger partial charge is 0.351 e. The number of carbonyl (C=O) groups excluding carboxylic acids is 1. The molecule has 3 heterocycles. The molecule has 0 unspecified atom stereocenters. The fourth-order valence-corrected chi connectivity index (χ4v) is 5.16. The lowest BCUT2D eigenvalue weighted by Gasteiger charge is -2.08. The van der Waals surface area contributed by atoms with Crippen LogP contribution in [0.3, 0.4) is 0 Å². The van der Waals surface area contributed by atoms with Crippen LogP contribution in [0.15, 0.2) is 64.4 Å². The summed E-state index contributed by atoms with van der Waals surface area (Å²) >= 11 is 4.74. The Hall–Kier alpha value is -2.22. The average molecular weight is 398 g/mol. The molecule has 130 valence electrons. The van der Waals surface area contributed by atoms with Crippen LogP contribution in [0, 0.1) is 0 Å². The molecular weight excluding hydrogens is 382 g/mol. The van der Waals surface area contributed by atoms with Gasteiger partial charge in [0.15, 0.2) is 4.34 Å². The molecule has 0 radical (unpaired) electrons. The second-order valence-electron chi connectivity index (χ2n) is 5.50. The third kappa shape index (κ3) is 3.95. The molecule has 0 aliphatic rings. The van der Waals surface area contributed by atoms with E-state index < -0.39 is 0 Å². The summed E-state index contributed by atoms with van der Waals surface area (Å²) in [5.74, 6) is 0.351. The molecule has 0 spiro atoms. The van der Waals surface area contributed by atoms with E-state index in [2.05, 4.69) is 15.3 Å². The standard InChI is InChI=1S/C19H15N3OS3/c23-17(12-25-19-22-14-6-1-2-7-15(14)26-19)21-11-13-5-3-9-20-18(13)16-8-4-10-24-16/h1-10H,11-12H2,(H,21,23). The monoisotopic (exact) mass is 397 g/mol. The number of thiazole rings is 1. The molecule has 3 aromatic heterocycles. The zero-order valence-corrected chi connectivity index (χ0v) is 16.2. The summed E-state index contributed by atoms with van der Waals surface area (Å²) in [6.07, 6.45) is 1.78. The number of rotatable bonds is 6. The second-order valence-corrected chi connectivity index (χ2v) is 8.70. The van der Waals surface area contributed by atoms with Crippen molar-refractivity contribution in [1.82, 2.24) is 15.3 Å². The molecule has 4 rings (SSSR count). The van der Waals surface area contributed by atoms with Crippen molar-refractivity contribution >= 4 is 50.6 Å². The summed E-state index contributed by atoms with van der Waals surface area (Å²) < 4.78 is 2.06. The quantitative estimate of drug-likeness (QED) is 0.474. The van der Waals surface area contributed by atoms with Crippen LogP contribution < -0.4 is 5.32 Å². The van der Waals surface area contributed by atoms with Crippen molar-refractivity contribution in [1.29, 1.82) is 0 Å². The van der Waals surface area contributed by atoms with Crippen LogP contribution in [-0.2, 0) is 11.3 Å². The number of amides is 1. The van der Waals surface area contributed by atoms with Crippen LogP contribution in [0.4, 0.5) is 0 Å². The molecule has 4 nitrogen and oxygen atoms in total. The Kier molecular flexibility index (Phi) is 5.29. The van der Waals surface area contributed by atoms with Gasteiger partial charge in [-0.1, -0.05) is 36.0 Å². The minimum Gasteiger partial charge on any atom is -0.351 e. The molecule has 0 aliphatic carbocycles. The molecule has 0 atom stereocenters. The SMILES string of the molecule is O=C(CSc1nc2ccccc2s1)NCc1cccnc1-c1cccs1. The molecule has 1 N–H and O–H groups in total. The number of para-hydroxylation sites is 1. The fraction of sp³-hybridized carbons (Fsp3) is 0.105. The maximum Gasteiger partial charge on any atom is 0.230 e. The molecule has 7 heteroatoms. The number of nitrogens with zero attached hydrogens (tertiary/aromatic N) is 2. The first-order valence-corrected chi connectivity index (χ1v) is 10.7. The fourth-order valence-electron chi connectivity index (χ4n) is 2.50. The molecule has 26 heavy (non-hydrogen) atoms. The van der Waals surface area contributed by atoms with E-state index in [0.29, 0.717) is 12.3 Å². The van der Waals surface area contributed by atoms with Crippen LogP contribution in [0.1, 0.15) is 5.56 Å². The number of fused-ring (bicyclic) bond motifs is 1. The van der Waals surface area contributed by atoms with E-state index in [-0.39, 0.29) is 5.91 Å². The third-order valence-electron chi connectivity index (χ3n) is 3.72. The summed E-state index contributed by atoms with van der Waals surface area (Å²) in [4.78, 5) is 22.3. The number of thiophene rings is 1. The van der Waals surface area contributed by atoms with Crippen LogP contribution >= 0.6 is 34.4 Å². The first kappa shape index (κ1) is 17.2. The predicted molar refractivity (Wildman–Crippen MR) is 110 cm³/mol. The van der Waals surface area contributed by atoms with E-state index >= 15 is 0 Å². The van der Waals surface area contributed by atoms with Gasteiger partial charge in [-0.2, -0.15) is 0 Å². The molecule has 1 amide bonds. The molecule has 1 aromatic carbocycles. The molecule has 0 aliphatic heterocycles. The van der Waals surface area contributed by atoms with Gasteiger partial charge in [0, 0.05) is 12.7 Å². The van der Waals surface area contributed by atoms with Gasteiger partial charge in [-0.15, -0.1) is 22.7 Å². The average Bonchev–Trinajstić information content (AvgIpc) is 3.34. The van der Waals surface area contributed by atoms with Crippen LogP contribution in [-0.4, -0.2) is 21.6 Å². The Morgan fingerprint density at radius 3 is 2.88 bits per heavy atom. The van der Waals surface area contributed by atoms with Crippen molar-refractivity contribution in [2.75, 3.05) is 5.75 Å². The highest BCUT2D eigenvalue weighted by Crippen LogP contribution is 2.29. The van der Waals surface area contributed by atoms with Gasteiger partial charge in [0.1, 0.15) is 0 Å². The van der Waals surface area contributed by atoms with Gasteiger partial charge < -0.3 is 5.32 Å². The van der Waals surface area contributed by atoms with Crippen LogP contribution in [0.2, 0.25) is 0 Å². The van der Waals surface area contributed by atoms with Gasteiger partial charge >= 0.3 is 0 Å². The molecule has 0 saturated carbocycles. The number of nitrogens with one attached hydrogen (secondary N) is 1. The number of pyridine rings is 1. The van der Waals surface area contributed by atoms with Crippen LogP contribution in [0.5, 0.6) is 0 Å². The first-order valence-electron chi connectivity index (χ1n) is 8.02. The second kappa shape index (κ2) is 7.99. The van der Waals surface area contributed by atoms with E-state index in [0.717, 1.165) is 30.7 Å². The van der Waals surface area contributed by atoms with E-state index in [1.165, 1.54) is 11.8 Å². The van der Waals surface area contributed by atoms with Gasteiger partial charge in [-0.05, 0) is 35.2 Å². The van der Waals surface area contributed by atoms with Gasteiger partial charge in [-0.3, -0.25) is 9.78 Å². The Morgan fingerprint density at radius 1 is 1.12 bits per heavy atom. The first-order chi connectivity index (χ1) is 12.8. The number of hydrogen-bond donors (Lipinski definition) is 1. The van der Waals surface area contributed by atoms with Crippen molar-refractivity contribution in [3.05, 3.63) is 65.7 Å². The van der Waals surface area contributed by atoms with Crippen molar-refractivity contribution in [2.45, 2.75) is 10.9 Å². The van der Waals surface area contributed by atoms with Crippen molar-refractivity contribution in [3.8, 4) is 10.6 Å². The van der Waals surface area contributed by atoms with E-state index in [9.17, 15) is 4.79 Å². The van der Waals surface area contributed by atoms with E-state index in [4.69, 9.17) is 0 Å². The third-order valence-corrected chi connectivity index (χ3v) is 6.78. The number of thioether (sulfide) groups is 1. The topological polar surface area (TPSA) is 54.9 Å². The van der Waals surface area contributed by atoms with E-state index in [1.54, 1.807) is 28.9 Å². The predicted octanol–water partition coefficient (Wildman–Crippen LogP) is 4.83. The van der Waals surface area contributed by atoms with Crippen molar-refractivity contribution in [3.63, 3.8) is 0 Å². The number of benzene rings is 1.